The minimum absolute atomic E-state index is 0.0852. The molecule has 0 spiro atoms. The van der Waals surface area contributed by atoms with E-state index in [1.54, 1.807) is 35.2 Å². The number of fused-ring (bicyclic) bond motifs is 2. The van der Waals surface area contributed by atoms with Gasteiger partial charge in [-0.3, -0.25) is 34.2 Å². The van der Waals surface area contributed by atoms with Gasteiger partial charge in [0.1, 0.15) is 29.8 Å². The number of carbonyl (C=O) groups excluding carboxylic acids is 5. The van der Waals surface area contributed by atoms with Gasteiger partial charge in [-0.15, -0.1) is 0 Å². The number of benzene rings is 3. The highest BCUT2D eigenvalue weighted by atomic mass is 35.5. The van der Waals surface area contributed by atoms with Crippen molar-refractivity contribution in [1.29, 1.82) is 5.26 Å². The highest BCUT2D eigenvalue weighted by Crippen LogP contribution is 2.59. The Kier molecular flexibility index (Phi) is 10.5. The Bertz CT molecular complexity index is 2520. The number of piperidine rings is 1. The van der Waals surface area contributed by atoms with Crippen LogP contribution < -0.4 is 15.0 Å². The Hall–Kier alpha value is -5.72. The van der Waals surface area contributed by atoms with E-state index >= 15 is 4.39 Å². The van der Waals surface area contributed by atoms with Gasteiger partial charge in [0, 0.05) is 66.2 Å². The van der Waals surface area contributed by atoms with E-state index in [-0.39, 0.29) is 47.9 Å². The first-order valence-electron chi connectivity index (χ1n) is 21.7. The van der Waals surface area contributed by atoms with E-state index in [9.17, 15) is 29.2 Å². The smallest absolute Gasteiger partial charge is 0.262 e. The average Bonchev–Trinajstić information content (AvgIpc) is 3.66. The summed E-state index contributed by atoms with van der Waals surface area (Å²) < 4.78 is 22.1. The van der Waals surface area contributed by atoms with Gasteiger partial charge in [-0.05, 0) is 98.4 Å². The van der Waals surface area contributed by atoms with E-state index in [0.717, 1.165) is 62.2 Å². The fraction of sp³-hybridized carbons (Fsp3) is 0.469. The van der Waals surface area contributed by atoms with Crippen LogP contribution in [0.2, 0.25) is 5.02 Å². The van der Waals surface area contributed by atoms with E-state index in [1.807, 2.05) is 12.1 Å². The molecule has 3 aromatic carbocycles. The molecule has 2 saturated carbocycles. The van der Waals surface area contributed by atoms with Crippen molar-refractivity contribution in [3.63, 3.8) is 0 Å². The fourth-order valence-corrected chi connectivity index (χ4v) is 11.8. The Morgan fingerprint density at radius 2 is 1.56 bits per heavy atom. The number of ether oxygens (including phenoxy) is 1. The van der Waals surface area contributed by atoms with Crippen LogP contribution in [0.15, 0.2) is 48.5 Å². The maximum atomic E-state index is 15.7. The third kappa shape index (κ3) is 7.10. The predicted octanol–water partition coefficient (Wildman–Crippen LogP) is 7.66. The number of anilines is 1. The summed E-state index contributed by atoms with van der Waals surface area (Å²) in [5, 5.41) is 11.8. The van der Waals surface area contributed by atoms with E-state index < -0.39 is 46.3 Å². The first kappa shape index (κ1) is 41.6. The molecule has 13 heteroatoms. The molecule has 3 aromatic rings. The second kappa shape index (κ2) is 15.6. The molecule has 0 bridgehead atoms. The number of rotatable bonds is 8. The third-order valence-electron chi connectivity index (χ3n) is 14.4. The van der Waals surface area contributed by atoms with Gasteiger partial charge in [-0.1, -0.05) is 57.6 Å². The Balaban J connectivity index is 0.748. The lowest BCUT2D eigenvalue weighted by Gasteiger charge is -2.65. The minimum atomic E-state index is -0.978. The van der Waals surface area contributed by atoms with Gasteiger partial charge in [-0.25, -0.2) is 4.39 Å². The topological polar surface area (TPSA) is 140 Å². The number of amides is 5. The van der Waals surface area contributed by atoms with E-state index in [1.165, 1.54) is 6.07 Å². The van der Waals surface area contributed by atoms with Crippen molar-refractivity contribution in [3.05, 3.63) is 92.8 Å². The normalized spacial score (nSPS) is 26.2. The number of nitriles is 1. The number of imide groups is 2. The summed E-state index contributed by atoms with van der Waals surface area (Å²) in [5.74, 6) is 5.78. The molecule has 320 valence electrons. The van der Waals surface area contributed by atoms with Crippen LogP contribution >= 0.6 is 11.6 Å². The molecule has 9 rings (SSSR count). The van der Waals surface area contributed by atoms with E-state index in [2.05, 4.69) is 55.8 Å². The van der Waals surface area contributed by atoms with Crippen molar-refractivity contribution in [2.24, 2.45) is 28.6 Å². The second-order valence-electron chi connectivity index (χ2n) is 19.2. The molecular formula is C49H49ClFN5O6. The van der Waals surface area contributed by atoms with Crippen LogP contribution in [0, 0.1) is 57.6 Å². The van der Waals surface area contributed by atoms with Crippen LogP contribution in [0.1, 0.15) is 127 Å². The summed E-state index contributed by atoms with van der Waals surface area (Å²) in [4.78, 5) is 69.2. The summed E-state index contributed by atoms with van der Waals surface area (Å²) in [6.45, 7) is 10.3. The van der Waals surface area contributed by atoms with Gasteiger partial charge in [0.15, 0.2) is 0 Å². The molecule has 0 radical (unpaired) electrons. The number of carbonyl (C=O) groups is 5. The van der Waals surface area contributed by atoms with Gasteiger partial charge in [0.25, 0.3) is 17.7 Å². The highest BCUT2D eigenvalue weighted by Gasteiger charge is 2.67. The molecule has 2 aliphatic carbocycles. The minimum Gasteiger partial charge on any atom is -0.489 e. The zero-order valence-corrected chi connectivity index (χ0v) is 36.1. The molecule has 1 atom stereocenters. The number of halogens is 2. The number of nitrogens with zero attached hydrogens (tertiary/aromatic N) is 4. The number of hydrogen-bond acceptors (Lipinski definition) is 8. The maximum absolute atomic E-state index is 15.7. The predicted molar refractivity (Wildman–Crippen MR) is 229 cm³/mol. The zero-order valence-electron chi connectivity index (χ0n) is 35.4. The first-order valence-corrected chi connectivity index (χ1v) is 22.0. The summed E-state index contributed by atoms with van der Waals surface area (Å²) in [7, 11) is 0. The van der Waals surface area contributed by atoms with Gasteiger partial charge in [-0.2, -0.15) is 5.26 Å². The monoisotopic (exact) mass is 857 g/mol. The summed E-state index contributed by atoms with van der Waals surface area (Å²) in [6.07, 6.45) is 6.39. The zero-order chi connectivity index (χ0) is 43.8. The van der Waals surface area contributed by atoms with Crippen LogP contribution in [-0.2, 0) is 16.1 Å². The van der Waals surface area contributed by atoms with Gasteiger partial charge < -0.3 is 14.5 Å². The molecule has 4 fully saturated rings. The molecule has 4 heterocycles. The highest BCUT2D eigenvalue weighted by molar-refractivity contribution is 6.31. The number of nitrogens with one attached hydrogen (secondary N) is 1. The van der Waals surface area contributed by atoms with E-state index in [4.69, 9.17) is 16.3 Å². The van der Waals surface area contributed by atoms with Gasteiger partial charge in [0.05, 0.1) is 27.3 Å². The van der Waals surface area contributed by atoms with Crippen molar-refractivity contribution in [3.8, 4) is 23.7 Å². The van der Waals surface area contributed by atoms with Gasteiger partial charge in [0.2, 0.25) is 11.8 Å². The van der Waals surface area contributed by atoms with Crippen LogP contribution in [0.4, 0.5) is 10.1 Å². The molecule has 1 N–H and O–H groups in total. The largest absolute Gasteiger partial charge is 0.489 e. The summed E-state index contributed by atoms with van der Waals surface area (Å²) in [6, 6.07) is 14.4. The van der Waals surface area contributed by atoms with Crippen LogP contribution in [-0.4, -0.2) is 70.6 Å². The maximum Gasteiger partial charge on any atom is 0.262 e. The molecule has 11 nitrogen and oxygen atoms in total. The Morgan fingerprint density at radius 1 is 0.855 bits per heavy atom. The molecule has 4 aliphatic heterocycles. The van der Waals surface area contributed by atoms with Gasteiger partial charge >= 0.3 is 0 Å². The standard InChI is InChI=1S/C49H49ClFN5O6/c1-48(2)46(49(3,4)47(48)62-34-15-13-31(23-52)37(50)22-34)55-26-32-19-29(20-38(51)41(32)45(55)61)11-9-27-5-7-28(8-6-27)10-12-30-24-54(25-30)33-14-16-35-36(21-33)44(60)56(43(35)59)39-17-18-40(57)53-42(39)58/h13-16,19-22,27-28,30,39,46-47H,5-8,10,12,17-18,24-26H2,1-4H3,(H,53,57,58)/t27?,28?,39?,46-,47-. The molecule has 0 aromatic heterocycles. The SMILES string of the molecule is CC1(C)[C@H](Oc2ccc(C#N)c(Cl)c2)C(C)(C)[C@H]1N1Cc2cc(C#CC3CCC(CCC4CN(c5ccc6c(c5)C(=O)N(C5CCC(=O)NC5=O)C6=O)C4)CC3)cc(F)c2C1=O. The van der Waals surface area contributed by atoms with Crippen molar-refractivity contribution in [2.45, 2.75) is 104 Å². The molecule has 62 heavy (non-hydrogen) atoms. The Labute approximate surface area is 365 Å². The summed E-state index contributed by atoms with van der Waals surface area (Å²) in [5.41, 5.74) is 2.29. The van der Waals surface area contributed by atoms with Crippen LogP contribution in [0.3, 0.4) is 0 Å². The first-order chi connectivity index (χ1) is 29.5. The summed E-state index contributed by atoms with van der Waals surface area (Å²) >= 11 is 6.28. The molecule has 6 aliphatic rings. The quantitative estimate of drug-likeness (QED) is 0.180. The van der Waals surface area contributed by atoms with E-state index in [0.29, 0.717) is 51.4 Å². The van der Waals surface area contributed by atoms with Crippen molar-refractivity contribution >= 4 is 46.8 Å². The van der Waals surface area contributed by atoms with Crippen molar-refractivity contribution in [2.75, 3.05) is 18.0 Å². The molecule has 5 amide bonds. The van der Waals surface area contributed by atoms with Crippen molar-refractivity contribution in [1.82, 2.24) is 15.1 Å². The third-order valence-corrected chi connectivity index (χ3v) is 14.7. The molecule has 2 saturated heterocycles. The molecular weight excluding hydrogens is 809 g/mol. The lowest BCUT2D eigenvalue weighted by Crippen LogP contribution is -2.74. The lowest BCUT2D eigenvalue weighted by molar-refractivity contribution is -0.199. The van der Waals surface area contributed by atoms with Crippen LogP contribution in [0.25, 0.3) is 0 Å². The lowest BCUT2D eigenvalue weighted by atomic mass is 9.49. The van der Waals surface area contributed by atoms with Crippen LogP contribution in [0.5, 0.6) is 5.75 Å². The number of hydrogen-bond donors (Lipinski definition) is 1. The second-order valence-corrected chi connectivity index (χ2v) is 19.6. The Morgan fingerprint density at radius 3 is 2.26 bits per heavy atom. The average molecular weight is 858 g/mol. The fourth-order valence-electron chi connectivity index (χ4n) is 11.6. The molecule has 1 unspecified atom stereocenters. The van der Waals surface area contributed by atoms with Crippen molar-refractivity contribution < 1.29 is 33.1 Å².